The van der Waals surface area contributed by atoms with Gasteiger partial charge in [0.15, 0.2) is 11.5 Å². The Morgan fingerprint density at radius 1 is 1.30 bits per heavy atom. The van der Waals surface area contributed by atoms with E-state index in [1.807, 2.05) is 0 Å². The molecule has 23 heavy (non-hydrogen) atoms. The Hall–Kier alpha value is -1.60. The zero-order chi connectivity index (χ0) is 16.2. The molecule has 8 heteroatoms. The molecule has 0 aromatic heterocycles. The van der Waals surface area contributed by atoms with Crippen LogP contribution >= 0.6 is 23.4 Å². The molecule has 1 aromatic rings. The molecule has 0 unspecified atom stereocenters. The van der Waals surface area contributed by atoms with Crippen molar-refractivity contribution in [1.29, 1.82) is 0 Å². The molecule has 2 heterocycles. The Morgan fingerprint density at radius 2 is 2.04 bits per heavy atom. The number of hydrogen-bond acceptors (Lipinski definition) is 5. The number of ether oxygens (including phenoxy) is 2. The molecule has 6 nitrogen and oxygen atoms in total. The summed E-state index contributed by atoms with van der Waals surface area (Å²) in [5.74, 6) is 1.76. The highest BCUT2D eigenvalue weighted by Crippen LogP contribution is 2.37. The number of nitrogens with one attached hydrogen (secondary N) is 1. The Morgan fingerprint density at radius 3 is 2.74 bits per heavy atom. The van der Waals surface area contributed by atoms with E-state index >= 15 is 0 Å². The maximum absolute atomic E-state index is 12.1. The average Bonchev–Trinajstić information content (AvgIpc) is 2.79. The maximum atomic E-state index is 12.1. The van der Waals surface area contributed by atoms with Gasteiger partial charge >= 0.3 is 0 Å². The van der Waals surface area contributed by atoms with E-state index < -0.39 is 0 Å². The van der Waals surface area contributed by atoms with Crippen molar-refractivity contribution in [3.63, 3.8) is 0 Å². The normalized spacial score (nSPS) is 17.1. The number of carbonyl (C=O) groups is 2. The number of amides is 2. The number of rotatable bonds is 4. The summed E-state index contributed by atoms with van der Waals surface area (Å²) in [5.41, 5.74) is 0.489. The summed E-state index contributed by atoms with van der Waals surface area (Å²) in [7, 11) is 0. The van der Waals surface area contributed by atoms with Crippen LogP contribution in [0.1, 0.15) is 12.8 Å². The number of fused-ring (bicyclic) bond motifs is 1. The van der Waals surface area contributed by atoms with Crippen LogP contribution in [-0.2, 0) is 4.79 Å². The molecule has 1 saturated heterocycles. The van der Waals surface area contributed by atoms with Gasteiger partial charge in [-0.3, -0.25) is 9.59 Å². The fourth-order valence-corrected chi connectivity index (χ4v) is 3.41. The molecule has 0 spiro atoms. The first-order valence-corrected chi connectivity index (χ1v) is 8.80. The van der Waals surface area contributed by atoms with E-state index in [4.69, 9.17) is 21.1 Å². The highest BCUT2D eigenvalue weighted by Gasteiger charge is 2.22. The Balaban J connectivity index is 1.61. The first-order valence-electron chi connectivity index (χ1n) is 7.44. The standard InChI is InChI=1S/C15H17ClN2O4S/c16-10-8-12-13(22-6-1-5-21-12)9-11(10)17-14(19)2-3-18-4-7-23-15(18)20/h8-9H,1-7H2,(H,17,19). The van der Waals surface area contributed by atoms with Crippen molar-refractivity contribution in [2.24, 2.45) is 0 Å². The minimum Gasteiger partial charge on any atom is -0.490 e. The van der Waals surface area contributed by atoms with E-state index in [0.717, 1.165) is 12.2 Å². The van der Waals surface area contributed by atoms with Gasteiger partial charge in [-0.05, 0) is 0 Å². The van der Waals surface area contributed by atoms with Crippen LogP contribution in [0.2, 0.25) is 5.02 Å². The van der Waals surface area contributed by atoms with Gasteiger partial charge in [0.25, 0.3) is 5.24 Å². The van der Waals surface area contributed by atoms with Crippen molar-refractivity contribution in [3.8, 4) is 11.5 Å². The third-order valence-corrected chi connectivity index (χ3v) is 4.77. The number of thioether (sulfide) groups is 1. The summed E-state index contributed by atoms with van der Waals surface area (Å²) in [6.07, 6.45) is 1.03. The first-order chi connectivity index (χ1) is 11.1. The fourth-order valence-electron chi connectivity index (χ4n) is 2.36. The lowest BCUT2D eigenvalue weighted by Gasteiger charge is -2.15. The third-order valence-electron chi connectivity index (χ3n) is 3.57. The van der Waals surface area contributed by atoms with Crippen LogP contribution in [0.25, 0.3) is 0 Å². The summed E-state index contributed by atoms with van der Waals surface area (Å²) >= 11 is 7.48. The van der Waals surface area contributed by atoms with Gasteiger partial charge in [0.2, 0.25) is 5.91 Å². The van der Waals surface area contributed by atoms with Crippen LogP contribution in [0.3, 0.4) is 0 Å². The molecule has 0 bridgehead atoms. The monoisotopic (exact) mass is 356 g/mol. The SMILES string of the molecule is O=C(CCN1CCSC1=O)Nc1cc2c(cc1Cl)OCCCO2. The molecule has 0 radical (unpaired) electrons. The second kappa shape index (κ2) is 7.31. The van der Waals surface area contributed by atoms with Crippen molar-refractivity contribution in [1.82, 2.24) is 4.90 Å². The van der Waals surface area contributed by atoms with E-state index in [1.165, 1.54) is 11.8 Å². The second-order valence-electron chi connectivity index (χ2n) is 5.23. The largest absolute Gasteiger partial charge is 0.490 e. The summed E-state index contributed by atoms with van der Waals surface area (Å²) in [6.45, 7) is 2.26. The van der Waals surface area contributed by atoms with Crippen molar-refractivity contribution >= 4 is 40.2 Å². The molecule has 0 atom stereocenters. The zero-order valence-electron chi connectivity index (χ0n) is 12.5. The molecule has 0 saturated carbocycles. The predicted octanol–water partition coefficient (Wildman–Crippen LogP) is 3.00. The van der Waals surface area contributed by atoms with E-state index in [2.05, 4.69) is 5.32 Å². The van der Waals surface area contributed by atoms with Crippen LogP contribution in [-0.4, -0.2) is 48.1 Å². The highest BCUT2D eigenvalue weighted by atomic mass is 35.5. The molecule has 124 valence electrons. The lowest BCUT2D eigenvalue weighted by Crippen LogP contribution is -2.27. The van der Waals surface area contributed by atoms with E-state index in [-0.39, 0.29) is 17.6 Å². The topological polar surface area (TPSA) is 67.9 Å². The Labute approximate surface area is 143 Å². The minimum atomic E-state index is -0.189. The lowest BCUT2D eigenvalue weighted by atomic mass is 10.2. The molecule has 2 aliphatic heterocycles. The van der Waals surface area contributed by atoms with Crippen molar-refractivity contribution in [2.45, 2.75) is 12.8 Å². The molecule has 1 N–H and O–H groups in total. The zero-order valence-corrected chi connectivity index (χ0v) is 14.0. The van der Waals surface area contributed by atoms with Gasteiger partial charge in [0, 0.05) is 43.8 Å². The van der Waals surface area contributed by atoms with E-state index in [9.17, 15) is 9.59 Å². The molecule has 0 aliphatic carbocycles. The maximum Gasteiger partial charge on any atom is 0.281 e. The molecule has 1 fully saturated rings. The fraction of sp³-hybridized carbons (Fsp3) is 0.467. The van der Waals surface area contributed by atoms with Crippen LogP contribution < -0.4 is 14.8 Å². The summed E-state index contributed by atoms with van der Waals surface area (Å²) in [4.78, 5) is 25.3. The van der Waals surface area contributed by atoms with Crippen molar-refractivity contribution in [2.75, 3.05) is 37.4 Å². The van der Waals surface area contributed by atoms with Crippen LogP contribution in [0, 0.1) is 0 Å². The van der Waals surface area contributed by atoms with E-state index in [1.54, 1.807) is 17.0 Å². The van der Waals surface area contributed by atoms with Gasteiger partial charge in [0.1, 0.15) is 0 Å². The summed E-state index contributed by atoms with van der Waals surface area (Å²) in [6, 6.07) is 3.33. The quantitative estimate of drug-likeness (QED) is 0.898. The van der Waals surface area contributed by atoms with Gasteiger partial charge < -0.3 is 19.7 Å². The van der Waals surface area contributed by atoms with Gasteiger partial charge in [0.05, 0.1) is 23.9 Å². The van der Waals surface area contributed by atoms with Gasteiger partial charge in [-0.25, -0.2) is 0 Å². The Kier molecular flexibility index (Phi) is 5.17. The number of carbonyl (C=O) groups excluding carboxylic acids is 2. The highest BCUT2D eigenvalue weighted by molar-refractivity contribution is 8.13. The second-order valence-corrected chi connectivity index (χ2v) is 6.68. The Bertz CT molecular complexity index is 626. The van der Waals surface area contributed by atoms with Gasteiger partial charge in [-0.2, -0.15) is 0 Å². The molecule has 2 amide bonds. The first kappa shape index (κ1) is 16.3. The van der Waals surface area contributed by atoms with Gasteiger partial charge in [-0.1, -0.05) is 23.4 Å². The molecule has 1 aromatic carbocycles. The third kappa shape index (κ3) is 4.03. The lowest BCUT2D eigenvalue weighted by molar-refractivity contribution is -0.116. The van der Waals surface area contributed by atoms with Crippen molar-refractivity contribution in [3.05, 3.63) is 17.2 Å². The van der Waals surface area contributed by atoms with E-state index in [0.29, 0.717) is 48.5 Å². The number of benzene rings is 1. The minimum absolute atomic E-state index is 0.0337. The molecule has 2 aliphatic rings. The van der Waals surface area contributed by atoms with Crippen LogP contribution in [0.5, 0.6) is 11.5 Å². The number of halogens is 1. The van der Waals surface area contributed by atoms with Crippen molar-refractivity contribution < 1.29 is 19.1 Å². The van der Waals surface area contributed by atoms with Crippen LogP contribution in [0.4, 0.5) is 10.5 Å². The van der Waals surface area contributed by atoms with Gasteiger partial charge in [-0.15, -0.1) is 0 Å². The average molecular weight is 357 g/mol. The summed E-state index contributed by atoms with van der Waals surface area (Å²) in [5, 5.41) is 3.20. The molecular weight excluding hydrogens is 340 g/mol. The number of hydrogen-bond donors (Lipinski definition) is 1. The molecular formula is C15H17ClN2O4S. The van der Waals surface area contributed by atoms with Crippen LogP contribution in [0.15, 0.2) is 12.1 Å². The predicted molar refractivity (Wildman–Crippen MR) is 89.7 cm³/mol. The summed E-state index contributed by atoms with van der Waals surface area (Å²) < 4.78 is 11.1. The number of anilines is 1. The molecule has 3 rings (SSSR count). The number of nitrogens with zero attached hydrogens (tertiary/aromatic N) is 1. The smallest absolute Gasteiger partial charge is 0.281 e.